The summed E-state index contributed by atoms with van der Waals surface area (Å²) in [7, 11) is 0. The third-order valence-electron chi connectivity index (χ3n) is 4.05. The molecule has 0 spiro atoms. The van der Waals surface area contributed by atoms with Gasteiger partial charge in [-0.2, -0.15) is 13.2 Å². The minimum Gasteiger partial charge on any atom is -0.478 e. The molecule has 0 radical (unpaired) electrons. The lowest BCUT2D eigenvalue weighted by molar-refractivity contribution is -0.152. The number of carboxylic acid groups (broad SMARTS) is 1. The van der Waals surface area contributed by atoms with Gasteiger partial charge >= 0.3 is 12.1 Å². The van der Waals surface area contributed by atoms with Crippen molar-refractivity contribution in [2.24, 2.45) is 0 Å². The minimum atomic E-state index is -4.59. The lowest BCUT2D eigenvalue weighted by Crippen LogP contribution is -2.37. The fourth-order valence-electron chi connectivity index (χ4n) is 2.51. The van der Waals surface area contributed by atoms with Gasteiger partial charge in [0.25, 0.3) is 0 Å². The molecule has 0 aliphatic rings. The van der Waals surface area contributed by atoms with Crippen molar-refractivity contribution in [1.29, 1.82) is 0 Å². The number of ether oxygens (including phenoxy) is 1. The van der Waals surface area contributed by atoms with E-state index in [1.54, 1.807) is 31.2 Å². The number of hydrogen-bond acceptors (Lipinski definition) is 3. The maximum absolute atomic E-state index is 13.9. The molecule has 0 saturated carbocycles. The summed E-state index contributed by atoms with van der Waals surface area (Å²) >= 11 is 0. The molecule has 0 heterocycles. The second kappa shape index (κ2) is 8.08. The Kier molecular flexibility index (Phi) is 6.21. The van der Waals surface area contributed by atoms with E-state index in [1.807, 2.05) is 0 Å². The SMILES string of the molecule is CC(Cc1ccc(OC(C)(C)C(=O)O)cc1)Nc1ccc(C(F)(F)F)cc1F. The predicted molar refractivity (Wildman–Crippen MR) is 97.0 cm³/mol. The second-order valence-electron chi connectivity index (χ2n) is 7.00. The molecule has 0 fully saturated rings. The van der Waals surface area contributed by atoms with Gasteiger partial charge in [-0.15, -0.1) is 0 Å². The largest absolute Gasteiger partial charge is 0.478 e. The van der Waals surface area contributed by atoms with Crippen molar-refractivity contribution in [3.63, 3.8) is 0 Å². The molecule has 2 rings (SSSR count). The number of benzene rings is 2. The number of hydrogen-bond donors (Lipinski definition) is 2. The topological polar surface area (TPSA) is 58.6 Å². The third-order valence-corrected chi connectivity index (χ3v) is 4.05. The van der Waals surface area contributed by atoms with Gasteiger partial charge in [0, 0.05) is 6.04 Å². The maximum Gasteiger partial charge on any atom is 0.416 e. The van der Waals surface area contributed by atoms with Crippen LogP contribution in [0.5, 0.6) is 5.75 Å². The van der Waals surface area contributed by atoms with Crippen molar-refractivity contribution in [3.8, 4) is 5.75 Å². The van der Waals surface area contributed by atoms with Crippen LogP contribution in [0.2, 0.25) is 0 Å². The summed E-state index contributed by atoms with van der Waals surface area (Å²) < 4.78 is 57.1. The Morgan fingerprint density at radius 1 is 1.14 bits per heavy atom. The Labute approximate surface area is 160 Å². The fraction of sp³-hybridized carbons (Fsp3) is 0.350. The normalized spacial score (nSPS) is 13.1. The third kappa shape index (κ3) is 5.61. The van der Waals surface area contributed by atoms with Crippen LogP contribution in [0.15, 0.2) is 42.5 Å². The van der Waals surface area contributed by atoms with Gasteiger partial charge in [0.2, 0.25) is 0 Å². The molecular weight excluding hydrogens is 378 g/mol. The van der Waals surface area contributed by atoms with Gasteiger partial charge in [0.05, 0.1) is 11.3 Å². The summed E-state index contributed by atoms with van der Waals surface area (Å²) in [4.78, 5) is 11.1. The summed E-state index contributed by atoms with van der Waals surface area (Å²) in [6, 6.07) is 8.85. The van der Waals surface area contributed by atoms with Crippen molar-refractivity contribution in [2.75, 3.05) is 5.32 Å². The Balaban J connectivity index is 2.00. The quantitative estimate of drug-likeness (QED) is 0.634. The van der Waals surface area contributed by atoms with Crippen LogP contribution in [0.3, 0.4) is 0 Å². The summed E-state index contributed by atoms with van der Waals surface area (Å²) in [5.74, 6) is -1.67. The number of aliphatic carboxylic acids is 1. The fourth-order valence-corrected chi connectivity index (χ4v) is 2.51. The van der Waals surface area contributed by atoms with Crippen LogP contribution < -0.4 is 10.1 Å². The van der Waals surface area contributed by atoms with Crippen LogP contribution in [-0.2, 0) is 17.4 Å². The average molecular weight is 399 g/mol. The number of carbonyl (C=O) groups is 1. The molecule has 0 amide bonds. The highest BCUT2D eigenvalue weighted by molar-refractivity contribution is 5.76. The molecule has 0 bridgehead atoms. The lowest BCUT2D eigenvalue weighted by Gasteiger charge is -2.22. The van der Waals surface area contributed by atoms with E-state index in [-0.39, 0.29) is 11.7 Å². The zero-order valence-corrected chi connectivity index (χ0v) is 15.6. The van der Waals surface area contributed by atoms with E-state index in [1.165, 1.54) is 13.8 Å². The molecule has 0 aliphatic carbocycles. The number of carboxylic acids is 1. The Morgan fingerprint density at radius 3 is 2.25 bits per heavy atom. The first kappa shape index (κ1) is 21.5. The maximum atomic E-state index is 13.9. The van der Waals surface area contributed by atoms with Gasteiger partial charge in [-0.25, -0.2) is 9.18 Å². The highest BCUT2D eigenvalue weighted by atomic mass is 19.4. The van der Waals surface area contributed by atoms with Crippen molar-refractivity contribution < 1.29 is 32.2 Å². The van der Waals surface area contributed by atoms with Crippen molar-refractivity contribution >= 4 is 11.7 Å². The molecule has 0 aromatic heterocycles. The molecule has 2 N–H and O–H groups in total. The van der Waals surface area contributed by atoms with E-state index in [9.17, 15) is 22.4 Å². The number of anilines is 1. The number of rotatable bonds is 7. The molecular formula is C20H21F4NO3. The Bertz CT molecular complexity index is 832. The summed E-state index contributed by atoms with van der Waals surface area (Å²) in [5.41, 5.74) is -1.55. The smallest absolute Gasteiger partial charge is 0.416 e. The summed E-state index contributed by atoms with van der Waals surface area (Å²) in [6.07, 6.45) is -4.12. The first-order valence-corrected chi connectivity index (χ1v) is 8.53. The lowest BCUT2D eigenvalue weighted by atomic mass is 10.1. The monoisotopic (exact) mass is 399 g/mol. The first-order valence-electron chi connectivity index (χ1n) is 8.53. The van der Waals surface area contributed by atoms with Crippen LogP contribution in [0, 0.1) is 5.82 Å². The van der Waals surface area contributed by atoms with Crippen LogP contribution in [0.1, 0.15) is 31.9 Å². The summed E-state index contributed by atoms with van der Waals surface area (Å²) in [6.45, 7) is 4.65. The highest BCUT2D eigenvalue weighted by Crippen LogP contribution is 2.31. The zero-order chi connectivity index (χ0) is 21.1. The molecule has 0 saturated heterocycles. The van der Waals surface area contributed by atoms with Gasteiger partial charge in [0.15, 0.2) is 5.60 Å². The van der Waals surface area contributed by atoms with E-state index < -0.39 is 29.1 Å². The predicted octanol–water partition coefficient (Wildman–Crippen LogP) is 5.13. The molecule has 1 atom stereocenters. The molecule has 0 aliphatic heterocycles. The van der Waals surface area contributed by atoms with Crippen LogP contribution >= 0.6 is 0 Å². The first-order chi connectivity index (χ1) is 12.9. The number of halogens is 4. The van der Waals surface area contributed by atoms with E-state index in [0.29, 0.717) is 18.2 Å². The highest BCUT2D eigenvalue weighted by Gasteiger charge is 2.31. The molecule has 1 unspecified atom stereocenters. The van der Waals surface area contributed by atoms with Crippen molar-refractivity contribution in [3.05, 3.63) is 59.4 Å². The van der Waals surface area contributed by atoms with Gasteiger partial charge < -0.3 is 15.2 Å². The van der Waals surface area contributed by atoms with Crippen molar-refractivity contribution in [1.82, 2.24) is 0 Å². The van der Waals surface area contributed by atoms with Crippen molar-refractivity contribution in [2.45, 2.75) is 45.0 Å². The Morgan fingerprint density at radius 2 is 1.75 bits per heavy atom. The Hall–Kier alpha value is -2.77. The molecule has 152 valence electrons. The molecule has 2 aromatic carbocycles. The second-order valence-corrected chi connectivity index (χ2v) is 7.00. The van der Waals surface area contributed by atoms with Crippen LogP contribution in [0.25, 0.3) is 0 Å². The van der Waals surface area contributed by atoms with Crippen LogP contribution in [0.4, 0.5) is 23.2 Å². The number of nitrogens with one attached hydrogen (secondary N) is 1. The molecule has 28 heavy (non-hydrogen) atoms. The zero-order valence-electron chi connectivity index (χ0n) is 15.6. The van der Waals surface area contributed by atoms with E-state index in [0.717, 1.165) is 17.7 Å². The molecule has 4 nitrogen and oxygen atoms in total. The summed E-state index contributed by atoms with van der Waals surface area (Å²) in [5, 5.41) is 11.9. The van der Waals surface area contributed by atoms with Gasteiger partial charge in [-0.1, -0.05) is 12.1 Å². The standard InChI is InChI=1S/C20H21F4NO3/c1-12(25-17-9-6-14(11-16(17)21)20(22,23)24)10-13-4-7-15(8-5-13)28-19(2,3)18(26)27/h4-9,11-12,25H,10H2,1-3H3,(H,26,27). The van der Waals surface area contributed by atoms with E-state index in [4.69, 9.17) is 9.84 Å². The molecule has 8 heteroatoms. The van der Waals surface area contributed by atoms with E-state index in [2.05, 4.69) is 5.32 Å². The minimum absolute atomic E-state index is 0.0105. The van der Waals surface area contributed by atoms with Crippen LogP contribution in [-0.4, -0.2) is 22.7 Å². The average Bonchev–Trinajstić information content (AvgIpc) is 2.57. The van der Waals surface area contributed by atoms with Gasteiger partial charge in [-0.05, 0) is 63.1 Å². The van der Waals surface area contributed by atoms with Gasteiger partial charge in [0.1, 0.15) is 11.6 Å². The van der Waals surface area contributed by atoms with E-state index >= 15 is 0 Å². The van der Waals surface area contributed by atoms with Gasteiger partial charge in [-0.3, -0.25) is 0 Å². The number of alkyl halides is 3. The molecule has 2 aromatic rings.